The lowest BCUT2D eigenvalue weighted by atomic mass is 9.88. The van der Waals surface area contributed by atoms with E-state index in [2.05, 4.69) is 117 Å². The van der Waals surface area contributed by atoms with Gasteiger partial charge in [-0.2, -0.15) is 0 Å². The van der Waals surface area contributed by atoms with Crippen molar-refractivity contribution < 1.29 is 1.37 Å². The van der Waals surface area contributed by atoms with Crippen LogP contribution >= 0.6 is 0 Å². The molecule has 0 amide bonds. The average Bonchev–Trinajstić information content (AvgIpc) is 3.21. The van der Waals surface area contributed by atoms with E-state index < -0.39 is 6.02 Å². The molecule has 2 heteroatoms. The highest BCUT2D eigenvalue weighted by molar-refractivity contribution is 5.59. The third kappa shape index (κ3) is 2.81. The molecule has 30 heavy (non-hydrogen) atoms. The number of hydrogen-bond acceptors (Lipinski definition) is 2. The molecule has 2 aliphatic heterocycles. The standard InChI is InChI=1S/C28H32N2/c1-19-13-9-12-18-24(19)29-20(2)25-22-16-10-11-17-23(22)26(21-14-7-6-8-15-21)30(25)27(29)28(3,4)5/h6-18,20,25-27H,1-5H3/t20-,25?,26?,27?/m0/s1/i26D. The predicted molar refractivity (Wildman–Crippen MR) is 126 cm³/mol. The third-order valence-electron chi connectivity index (χ3n) is 6.73. The quantitative estimate of drug-likeness (QED) is 0.473. The summed E-state index contributed by atoms with van der Waals surface area (Å²) in [4.78, 5) is 5.08. The van der Waals surface area contributed by atoms with Crippen LogP contribution in [0.25, 0.3) is 0 Å². The molecule has 0 radical (unpaired) electrons. The molecule has 3 aromatic carbocycles. The summed E-state index contributed by atoms with van der Waals surface area (Å²) in [6.07, 6.45) is 0.0821. The first kappa shape index (κ1) is 18.2. The van der Waals surface area contributed by atoms with Gasteiger partial charge in [-0.1, -0.05) is 93.6 Å². The van der Waals surface area contributed by atoms with Gasteiger partial charge >= 0.3 is 0 Å². The maximum atomic E-state index is 10.0. The smallest absolute Gasteiger partial charge is 0.0887 e. The van der Waals surface area contributed by atoms with Gasteiger partial charge in [-0.05, 0) is 47.6 Å². The second kappa shape index (κ2) is 6.99. The Morgan fingerprint density at radius 3 is 2.07 bits per heavy atom. The van der Waals surface area contributed by atoms with E-state index in [9.17, 15) is 1.37 Å². The Bertz CT molecular complexity index is 1100. The van der Waals surface area contributed by atoms with Crippen LogP contribution in [-0.2, 0) is 0 Å². The molecule has 5 rings (SSSR count). The molecule has 0 saturated carbocycles. The first-order chi connectivity index (χ1) is 14.8. The van der Waals surface area contributed by atoms with Crippen LogP contribution in [0.15, 0.2) is 78.9 Å². The first-order valence-corrected chi connectivity index (χ1v) is 11.0. The summed E-state index contributed by atoms with van der Waals surface area (Å²) in [5.41, 5.74) is 5.97. The monoisotopic (exact) mass is 397 g/mol. The van der Waals surface area contributed by atoms with E-state index in [1.54, 1.807) is 0 Å². The summed E-state index contributed by atoms with van der Waals surface area (Å²) in [5, 5.41) is 0. The predicted octanol–water partition coefficient (Wildman–Crippen LogP) is 6.72. The lowest BCUT2D eigenvalue weighted by Gasteiger charge is -2.44. The van der Waals surface area contributed by atoms with Crippen molar-refractivity contribution in [3.8, 4) is 0 Å². The highest BCUT2D eigenvalue weighted by atomic mass is 15.5. The number of benzene rings is 3. The van der Waals surface area contributed by atoms with Gasteiger partial charge in [0, 0.05) is 11.7 Å². The van der Waals surface area contributed by atoms with Crippen LogP contribution in [-0.4, -0.2) is 17.1 Å². The van der Waals surface area contributed by atoms with Crippen molar-refractivity contribution in [2.24, 2.45) is 5.41 Å². The number of para-hydroxylation sites is 1. The number of rotatable bonds is 2. The summed E-state index contributed by atoms with van der Waals surface area (Å²) in [6.45, 7) is 11.5. The number of hydrogen-bond donors (Lipinski definition) is 0. The van der Waals surface area contributed by atoms with Crippen LogP contribution in [0.4, 0.5) is 5.69 Å². The fourth-order valence-electron chi connectivity index (χ4n) is 5.61. The Hall–Kier alpha value is -2.58. The van der Waals surface area contributed by atoms with E-state index in [4.69, 9.17) is 0 Å². The minimum Gasteiger partial charge on any atom is -0.350 e. The largest absolute Gasteiger partial charge is 0.350 e. The van der Waals surface area contributed by atoms with E-state index in [1.165, 1.54) is 16.8 Å². The van der Waals surface area contributed by atoms with Crippen molar-refractivity contribution in [2.45, 2.75) is 58.9 Å². The van der Waals surface area contributed by atoms with Crippen LogP contribution in [0.3, 0.4) is 0 Å². The molecular weight excluding hydrogens is 364 g/mol. The van der Waals surface area contributed by atoms with Crippen LogP contribution in [0.2, 0.25) is 0 Å². The van der Waals surface area contributed by atoms with Gasteiger partial charge in [0.1, 0.15) is 0 Å². The van der Waals surface area contributed by atoms with Gasteiger partial charge in [-0.3, -0.25) is 4.90 Å². The molecule has 154 valence electrons. The summed E-state index contributed by atoms with van der Waals surface area (Å²) >= 11 is 0. The molecule has 0 aliphatic carbocycles. The highest BCUT2D eigenvalue weighted by Crippen LogP contribution is 2.57. The van der Waals surface area contributed by atoms with Gasteiger partial charge < -0.3 is 4.90 Å². The van der Waals surface area contributed by atoms with Gasteiger partial charge in [0.2, 0.25) is 0 Å². The maximum absolute atomic E-state index is 10.0. The van der Waals surface area contributed by atoms with E-state index >= 15 is 0 Å². The lowest BCUT2D eigenvalue weighted by Crippen LogP contribution is -2.50. The highest BCUT2D eigenvalue weighted by Gasteiger charge is 2.57. The Morgan fingerprint density at radius 2 is 1.40 bits per heavy atom. The molecule has 0 N–H and O–H groups in total. The minimum absolute atomic E-state index is 0.0472. The third-order valence-corrected chi connectivity index (χ3v) is 6.73. The summed E-state index contributed by atoms with van der Waals surface area (Å²) < 4.78 is 10.0. The van der Waals surface area contributed by atoms with Crippen LogP contribution in [0.1, 0.15) is 63.4 Å². The van der Waals surface area contributed by atoms with Crippen molar-refractivity contribution in [3.05, 3.63) is 101 Å². The fourth-order valence-corrected chi connectivity index (χ4v) is 5.61. The second-order valence-corrected chi connectivity index (χ2v) is 9.83. The van der Waals surface area contributed by atoms with Gasteiger partial charge in [-0.25, -0.2) is 0 Å². The molecule has 1 saturated heterocycles. The second-order valence-electron chi connectivity index (χ2n) is 9.83. The van der Waals surface area contributed by atoms with Crippen LogP contribution in [0.5, 0.6) is 0 Å². The Kier molecular flexibility index (Phi) is 4.24. The molecule has 1 fully saturated rings. The maximum Gasteiger partial charge on any atom is 0.0887 e. The molecule has 2 nitrogen and oxygen atoms in total. The van der Waals surface area contributed by atoms with Gasteiger partial charge in [0.25, 0.3) is 0 Å². The van der Waals surface area contributed by atoms with Crippen molar-refractivity contribution >= 4 is 5.69 Å². The van der Waals surface area contributed by atoms with E-state index in [0.29, 0.717) is 0 Å². The topological polar surface area (TPSA) is 6.48 Å². The minimum atomic E-state index is -0.924. The Morgan fingerprint density at radius 1 is 0.800 bits per heavy atom. The first-order valence-electron chi connectivity index (χ1n) is 11.5. The number of nitrogens with zero attached hydrogens (tertiary/aromatic N) is 2. The zero-order valence-corrected chi connectivity index (χ0v) is 18.6. The Labute approximate surface area is 182 Å². The molecule has 4 atom stereocenters. The van der Waals surface area contributed by atoms with E-state index in [0.717, 1.165) is 11.1 Å². The number of anilines is 1. The van der Waals surface area contributed by atoms with Crippen molar-refractivity contribution in [1.82, 2.24) is 4.90 Å². The molecule has 0 spiro atoms. The average molecular weight is 398 g/mol. The van der Waals surface area contributed by atoms with E-state index in [1.807, 2.05) is 6.07 Å². The van der Waals surface area contributed by atoms with Gasteiger partial charge in [-0.15, -0.1) is 0 Å². The molecule has 3 aromatic rings. The van der Waals surface area contributed by atoms with Gasteiger partial charge in [0.05, 0.1) is 19.6 Å². The van der Waals surface area contributed by atoms with Gasteiger partial charge in [0.15, 0.2) is 0 Å². The van der Waals surface area contributed by atoms with Crippen LogP contribution in [0, 0.1) is 12.3 Å². The summed E-state index contributed by atoms with van der Waals surface area (Å²) in [7, 11) is 0. The number of fused-ring (bicyclic) bond motifs is 3. The van der Waals surface area contributed by atoms with E-state index in [-0.39, 0.29) is 23.7 Å². The summed E-state index contributed by atoms with van der Waals surface area (Å²) in [6, 6.07) is 27.2. The van der Waals surface area contributed by atoms with Crippen molar-refractivity contribution in [2.75, 3.05) is 4.90 Å². The van der Waals surface area contributed by atoms with Crippen LogP contribution < -0.4 is 4.90 Å². The molecule has 2 aliphatic rings. The molecule has 0 bridgehead atoms. The lowest BCUT2D eigenvalue weighted by molar-refractivity contribution is 0.0940. The normalized spacial score (nSPS) is 28.9. The molecule has 3 unspecified atom stereocenters. The molecular formula is C28H32N2. The number of aryl methyl sites for hydroxylation is 1. The SMILES string of the molecule is [2H]C1(c2ccccc2)c2ccccc2C2[C@H](C)N(c3ccccc3C)C(C(C)(C)C)N21. The molecule has 0 aromatic heterocycles. The summed E-state index contributed by atoms with van der Waals surface area (Å²) in [5.74, 6) is 0. The zero-order valence-electron chi connectivity index (χ0n) is 19.6. The van der Waals surface area contributed by atoms with Crippen molar-refractivity contribution in [3.63, 3.8) is 0 Å². The van der Waals surface area contributed by atoms with Crippen molar-refractivity contribution in [1.29, 1.82) is 0 Å². The zero-order chi connectivity index (χ0) is 22.0. The molecule has 2 heterocycles. The fraction of sp³-hybridized carbons (Fsp3) is 0.357. The Balaban J connectivity index is 1.79.